The van der Waals surface area contributed by atoms with Gasteiger partial charge in [0.15, 0.2) is 0 Å². The van der Waals surface area contributed by atoms with Gasteiger partial charge in [0.05, 0.1) is 26.2 Å². The Morgan fingerprint density at radius 3 is 1.07 bits per heavy atom. The highest BCUT2D eigenvalue weighted by molar-refractivity contribution is 5.71. The summed E-state index contributed by atoms with van der Waals surface area (Å²) in [5.41, 5.74) is 0. The molecular formula is C36H68NO6+. The molecule has 0 fully saturated rings. The number of rotatable bonds is 31. The molecule has 0 rings (SSSR count). The van der Waals surface area contributed by atoms with Crippen LogP contribution < -0.4 is 0 Å². The van der Waals surface area contributed by atoms with Crippen molar-refractivity contribution in [3.63, 3.8) is 0 Å². The fraction of sp³-hybridized carbons (Fsp3) is 0.861. The van der Waals surface area contributed by atoms with Crippen LogP contribution in [0, 0.1) is 17.8 Å². The minimum absolute atomic E-state index is 0.261. The van der Waals surface area contributed by atoms with Crippen LogP contribution in [0.1, 0.15) is 156 Å². The number of carboxylic acid groups (broad SMARTS) is 3. The Hall–Kier alpha value is -1.89. The van der Waals surface area contributed by atoms with E-state index in [2.05, 4.69) is 19.1 Å². The summed E-state index contributed by atoms with van der Waals surface area (Å²) >= 11 is 0. The molecule has 0 aromatic carbocycles. The third-order valence-electron chi connectivity index (χ3n) is 9.25. The minimum Gasteiger partial charge on any atom is -0.481 e. The maximum Gasteiger partial charge on any atom is 0.312 e. The molecule has 3 N–H and O–H groups in total. The summed E-state index contributed by atoms with van der Waals surface area (Å²) in [4.78, 5) is 36.0. The molecular weight excluding hydrogens is 542 g/mol. The van der Waals surface area contributed by atoms with Crippen molar-refractivity contribution in [1.82, 2.24) is 0 Å². The zero-order chi connectivity index (χ0) is 32.3. The third-order valence-corrected chi connectivity index (χ3v) is 9.25. The first-order chi connectivity index (χ1) is 20.7. The van der Waals surface area contributed by atoms with Crippen molar-refractivity contribution in [2.75, 3.05) is 26.2 Å². The van der Waals surface area contributed by atoms with E-state index in [4.69, 9.17) is 0 Å². The summed E-state index contributed by atoms with van der Waals surface area (Å²) in [7, 11) is 0. The Morgan fingerprint density at radius 1 is 0.488 bits per heavy atom. The van der Waals surface area contributed by atoms with E-state index in [-0.39, 0.29) is 24.1 Å². The second-order valence-electron chi connectivity index (χ2n) is 12.9. The molecule has 0 spiro atoms. The lowest BCUT2D eigenvalue weighted by Crippen LogP contribution is -2.58. The van der Waals surface area contributed by atoms with Crippen molar-refractivity contribution < 1.29 is 34.2 Å². The van der Waals surface area contributed by atoms with Crippen molar-refractivity contribution >= 4 is 17.9 Å². The molecule has 3 atom stereocenters. The monoisotopic (exact) mass is 611 g/mol. The number of carbonyl (C=O) groups is 3. The lowest BCUT2D eigenvalue weighted by atomic mass is 9.95. The second kappa shape index (κ2) is 26.5. The van der Waals surface area contributed by atoms with Gasteiger partial charge in [0, 0.05) is 0 Å². The zero-order valence-corrected chi connectivity index (χ0v) is 28.4. The number of aliphatic carboxylic acids is 3. The third kappa shape index (κ3) is 20.7. The predicted molar refractivity (Wildman–Crippen MR) is 177 cm³/mol. The average Bonchev–Trinajstić information content (AvgIpc) is 2.98. The molecule has 0 aromatic rings. The van der Waals surface area contributed by atoms with E-state index in [1.807, 2.05) is 20.8 Å². The SMILES string of the molecule is CC/C=C/CCCCCCCCCCCCCCCCC[N+](CC(CC)C(=O)O)(CC(CC)C(=O)O)CC(CC)C(=O)O. The van der Waals surface area contributed by atoms with Gasteiger partial charge in [-0.25, -0.2) is 0 Å². The fourth-order valence-electron chi connectivity index (χ4n) is 6.34. The van der Waals surface area contributed by atoms with E-state index >= 15 is 0 Å². The highest BCUT2D eigenvalue weighted by Gasteiger charge is 2.40. The van der Waals surface area contributed by atoms with Crippen molar-refractivity contribution in [2.45, 2.75) is 156 Å². The van der Waals surface area contributed by atoms with E-state index in [0.717, 1.165) is 25.7 Å². The summed E-state index contributed by atoms with van der Waals surface area (Å²) in [6.45, 7) is 9.20. The largest absolute Gasteiger partial charge is 0.481 e. The Balaban J connectivity index is 4.59. The smallest absolute Gasteiger partial charge is 0.312 e. The van der Waals surface area contributed by atoms with Gasteiger partial charge in [-0.3, -0.25) is 14.4 Å². The summed E-state index contributed by atoms with van der Waals surface area (Å²) in [5, 5.41) is 29.5. The van der Waals surface area contributed by atoms with Crippen LogP contribution in [0.3, 0.4) is 0 Å². The fourth-order valence-corrected chi connectivity index (χ4v) is 6.34. The molecule has 7 heteroatoms. The highest BCUT2D eigenvalue weighted by atomic mass is 16.4. The van der Waals surface area contributed by atoms with Gasteiger partial charge in [0.1, 0.15) is 17.8 Å². The summed E-state index contributed by atoms with van der Waals surface area (Å²) < 4.78 is 0.261. The first-order valence-corrected chi connectivity index (χ1v) is 17.8. The van der Waals surface area contributed by atoms with Crippen LogP contribution in [0.15, 0.2) is 12.2 Å². The molecule has 0 aliphatic carbocycles. The molecule has 0 heterocycles. The highest BCUT2D eigenvalue weighted by Crippen LogP contribution is 2.25. The van der Waals surface area contributed by atoms with Gasteiger partial charge in [-0.2, -0.15) is 0 Å². The van der Waals surface area contributed by atoms with E-state index in [9.17, 15) is 29.7 Å². The normalized spacial score (nSPS) is 15.3. The number of hydrogen-bond acceptors (Lipinski definition) is 3. The van der Waals surface area contributed by atoms with Crippen molar-refractivity contribution in [1.29, 1.82) is 0 Å². The van der Waals surface area contributed by atoms with Gasteiger partial charge < -0.3 is 19.8 Å². The number of allylic oxidation sites excluding steroid dienone is 2. The number of hydrogen-bond donors (Lipinski definition) is 3. The minimum atomic E-state index is -0.886. The molecule has 0 saturated carbocycles. The van der Waals surface area contributed by atoms with Crippen molar-refractivity contribution in [3.8, 4) is 0 Å². The lowest BCUT2D eigenvalue weighted by Gasteiger charge is -2.43. The van der Waals surface area contributed by atoms with E-state index in [1.165, 1.54) is 83.5 Å². The number of nitrogens with zero attached hydrogens (tertiary/aromatic N) is 1. The van der Waals surface area contributed by atoms with Crippen molar-refractivity contribution in [2.24, 2.45) is 17.8 Å². The van der Waals surface area contributed by atoms with Crippen molar-refractivity contribution in [3.05, 3.63) is 12.2 Å². The Morgan fingerprint density at radius 2 is 0.791 bits per heavy atom. The van der Waals surface area contributed by atoms with Crippen LogP contribution >= 0.6 is 0 Å². The first kappa shape index (κ1) is 41.1. The van der Waals surface area contributed by atoms with E-state index < -0.39 is 35.7 Å². The lowest BCUT2D eigenvalue weighted by molar-refractivity contribution is -0.935. The molecule has 0 aliphatic heterocycles. The van der Waals surface area contributed by atoms with E-state index in [1.54, 1.807) is 0 Å². The standard InChI is InChI=1S/C36H67NO6/c1-5-9-10-11-12-13-14-15-16-17-18-19-20-21-22-23-24-25-26-27-37(28-31(6-2)34(38)39,29-32(7-3)35(40)41)30-33(8-4)36(42)43/h9-10,31-33H,5-8,11-30H2,1-4H3,(H2-,38,39,40,41,42,43)/p+1/b10-9+. The quantitative estimate of drug-likeness (QED) is 0.0410. The van der Waals surface area contributed by atoms with Gasteiger partial charge in [0.25, 0.3) is 0 Å². The average molecular weight is 611 g/mol. The Kier molecular flexibility index (Phi) is 25.3. The molecule has 0 aliphatic rings. The molecule has 0 aromatic heterocycles. The molecule has 7 nitrogen and oxygen atoms in total. The maximum atomic E-state index is 12.0. The van der Waals surface area contributed by atoms with Crippen LogP contribution in [0.25, 0.3) is 0 Å². The van der Waals surface area contributed by atoms with Crippen LogP contribution in [0.4, 0.5) is 0 Å². The summed E-state index contributed by atoms with van der Waals surface area (Å²) in [6, 6.07) is 0. The van der Waals surface area contributed by atoms with Gasteiger partial charge in [0.2, 0.25) is 0 Å². The van der Waals surface area contributed by atoms with Gasteiger partial charge in [-0.15, -0.1) is 0 Å². The maximum absolute atomic E-state index is 12.0. The van der Waals surface area contributed by atoms with Crippen LogP contribution in [-0.4, -0.2) is 63.9 Å². The number of carboxylic acids is 3. The molecule has 3 unspecified atom stereocenters. The van der Waals surface area contributed by atoms with Crippen LogP contribution in [0.5, 0.6) is 0 Å². The van der Waals surface area contributed by atoms with Gasteiger partial charge in [-0.1, -0.05) is 117 Å². The molecule has 0 bridgehead atoms. The predicted octanol–water partition coefficient (Wildman–Crippen LogP) is 9.34. The van der Waals surface area contributed by atoms with Crippen LogP contribution in [0.2, 0.25) is 0 Å². The molecule has 0 radical (unpaired) electrons. The second-order valence-corrected chi connectivity index (χ2v) is 12.9. The van der Waals surface area contributed by atoms with E-state index in [0.29, 0.717) is 25.8 Å². The molecule has 0 amide bonds. The summed E-state index contributed by atoms with van der Waals surface area (Å²) in [5.74, 6) is -4.50. The first-order valence-electron chi connectivity index (χ1n) is 17.8. The number of quaternary nitrogens is 1. The molecule has 43 heavy (non-hydrogen) atoms. The topological polar surface area (TPSA) is 112 Å². The summed E-state index contributed by atoms with van der Waals surface area (Å²) in [6.07, 6.45) is 27.1. The zero-order valence-electron chi connectivity index (χ0n) is 28.4. The molecule has 252 valence electrons. The Bertz CT molecular complexity index is 692. The van der Waals surface area contributed by atoms with Gasteiger partial charge in [-0.05, 0) is 51.4 Å². The Labute approximate surface area is 264 Å². The van der Waals surface area contributed by atoms with Gasteiger partial charge >= 0.3 is 17.9 Å². The number of unbranched alkanes of at least 4 members (excludes halogenated alkanes) is 15. The molecule has 0 saturated heterocycles. The van der Waals surface area contributed by atoms with Crippen LogP contribution in [-0.2, 0) is 14.4 Å².